The zero-order valence-corrected chi connectivity index (χ0v) is 26.2. The van der Waals surface area contributed by atoms with Crippen molar-refractivity contribution >= 4 is 59.7 Å². The molecule has 0 bridgehead atoms. The van der Waals surface area contributed by atoms with Crippen molar-refractivity contribution in [2.75, 3.05) is 4.90 Å². The van der Waals surface area contributed by atoms with Gasteiger partial charge in [-0.05, 0) is 71.8 Å². The van der Waals surface area contributed by atoms with E-state index in [0.717, 1.165) is 44.9 Å². The molecule has 0 aliphatic heterocycles. The van der Waals surface area contributed by atoms with Gasteiger partial charge in [0.25, 0.3) is 0 Å². The summed E-state index contributed by atoms with van der Waals surface area (Å²) >= 11 is 1.84. The van der Waals surface area contributed by atoms with Gasteiger partial charge in [-0.1, -0.05) is 109 Å². The maximum absolute atomic E-state index is 6.37. The van der Waals surface area contributed by atoms with Crippen LogP contribution >= 0.6 is 11.3 Å². The average molecular weight is 621 g/mol. The van der Waals surface area contributed by atoms with Crippen LogP contribution in [0.15, 0.2) is 174 Å². The molecule has 222 valence electrons. The molecule has 0 amide bonds. The van der Waals surface area contributed by atoms with E-state index < -0.39 is 0 Å². The number of aromatic nitrogens is 1. The van der Waals surface area contributed by atoms with Crippen LogP contribution in [-0.4, -0.2) is 4.98 Å². The number of nitrogens with zero attached hydrogens (tertiary/aromatic N) is 2. The Bertz CT molecular complexity index is 2510. The van der Waals surface area contributed by atoms with E-state index in [-0.39, 0.29) is 0 Å². The third kappa shape index (κ3) is 4.87. The van der Waals surface area contributed by atoms with Gasteiger partial charge in [0, 0.05) is 48.2 Å². The van der Waals surface area contributed by atoms with Gasteiger partial charge >= 0.3 is 0 Å². The van der Waals surface area contributed by atoms with Gasteiger partial charge in [-0.2, -0.15) is 0 Å². The first-order valence-corrected chi connectivity index (χ1v) is 16.5. The van der Waals surface area contributed by atoms with Crippen LogP contribution in [0.3, 0.4) is 0 Å². The van der Waals surface area contributed by atoms with Crippen molar-refractivity contribution < 1.29 is 4.42 Å². The molecule has 0 atom stereocenters. The van der Waals surface area contributed by atoms with E-state index in [9.17, 15) is 0 Å². The second-order valence-corrected chi connectivity index (χ2v) is 12.7. The smallest absolute Gasteiger partial charge is 0.227 e. The van der Waals surface area contributed by atoms with E-state index in [2.05, 4.69) is 132 Å². The molecular formula is C43H28N2OS. The molecule has 0 radical (unpaired) electrons. The molecule has 0 spiro atoms. The number of hydrogen-bond acceptors (Lipinski definition) is 4. The monoisotopic (exact) mass is 620 g/mol. The second kappa shape index (κ2) is 11.4. The Morgan fingerprint density at radius 2 is 1.11 bits per heavy atom. The molecule has 0 fully saturated rings. The number of rotatable bonds is 6. The van der Waals surface area contributed by atoms with Gasteiger partial charge in [0.1, 0.15) is 5.52 Å². The largest absolute Gasteiger partial charge is 0.435 e. The molecule has 0 aliphatic rings. The summed E-state index contributed by atoms with van der Waals surface area (Å²) in [6.07, 6.45) is 0. The first-order chi connectivity index (χ1) is 23.3. The van der Waals surface area contributed by atoms with E-state index in [1.165, 1.54) is 31.3 Å². The Kier molecular flexibility index (Phi) is 6.65. The van der Waals surface area contributed by atoms with Gasteiger partial charge in [0.15, 0.2) is 5.58 Å². The molecule has 0 unspecified atom stereocenters. The van der Waals surface area contributed by atoms with Crippen LogP contribution in [0, 0.1) is 0 Å². The van der Waals surface area contributed by atoms with Crippen molar-refractivity contribution in [1.82, 2.24) is 4.98 Å². The molecule has 2 aromatic heterocycles. The summed E-state index contributed by atoms with van der Waals surface area (Å²) in [6, 6.07) is 59.8. The number of para-hydroxylation sites is 2. The van der Waals surface area contributed by atoms with Crippen LogP contribution < -0.4 is 4.90 Å². The van der Waals surface area contributed by atoms with Crippen molar-refractivity contribution in [2.45, 2.75) is 0 Å². The lowest BCUT2D eigenvalue weighted by Crippen LogP contribution is -2.11. The molecule has 9 aromatic rings. The molecule has 3 nitrogen and oxygen atoms in total. The lowest BCUT2D eigenvalue weighted by Gasteiger charge is -2.28. The van der Waals surface area contributed by atoms with E-state index in [1.807, 2.05) is 53.8 Å². The van der Waals surface area contributed by atoms with Crippen LogP contribution in [0.2, 0.25) is 0 Å². The van der Waals surface area contributed by atoms with Crippen LogP contribution in [-0.2, 0) is 0 Å². The molecule has 0 aliphatic carbocycles. The van der Waals surface area contributed by atoms with Crippen LogP contribution in [0.4, 0.5) is 17.1 Å². The SMILES string of the molecule is c1ccc(-c2nc3cccc(-c4ccc(N(c5ccc6sc7ccccc7c6c5)c5ccccc5-c5ccccc5)cc4)c3o2)cc1. The topological polar surface area (TPSA) is 29.3 Å². The summed E-state index contributed by atoms with van der Waals surface area (Å²) in [4.78, 5) is 7.18. The highest BCUT2D eigenvalue weighted by Crippen LogP contribution is 2.44. The van der Waals surface area contributed by atoms with E-state index in [1.54, 1.807) is 0 Å². The van der Waals surface area contributed by atoms with Crippen molar-refractivity contribution in [3.05, 3.63) is 170 Å². The molecule has 47 heavy (non-hydrogen) atoms. The molecule has 0 saturated carbocycles. The lowest BCUT2D eigenvalue weighted by molar-refractivity contribution is 0.621. The average Bonchev–Trinajstić information content (AvgIpc) is 3.75. The number of benzene rings is 7. The molecule has 2 heterocycles. The Labute approximate surface area is 276 Å². The van der Waals surface area contributed by atoms with E-state index >= 15 is 0 Å². The standard InChI is InChI=1S/C43H28N2OS/c1-3-12-29(13-4-1)34-16-7-9-20-39(34)45(33-26-27-41-37(28-33)36-17-8-10-21-40(36)47-41)32-24-22-30(23-25-32)35-18-11-19-38-42(35)46-43(44-38)31-14-5-2-6-15-31/h1-28H. The second-order valence-electron chi connectivity index (χ2n) is 11.6. The van der Waals surface area contributed by atoms with E-state index in [0.29, 0.717) is 5.89 Å². The summed E-state index contributed by atoms with van der Waals surface area (Å²) in [6.45, 7) is 0. The normalized spacial score (nSPS) is 11.4. The quantitative estimate of drug-likeness (QED) is 0.185. The van der Waals surface area contributed by atoms with Crippen molar-refractivity contribution in [3.63, 3.8) is 0 Å². The fraction of sp³-hybridized carbons (Fsp3) is 0. The van der Waals surface area contributed by atoms with E-state index in [4.69, 9.17) is 9.40 Å². The fourth-order valence-electron chi connectivity index (χ4n) is 6.48. The van der Waals surface area contributed by atoms with Gasteiger partial charge in [0.05, 0.1) is 5.69 Å². The van der Waals surface area contributed by atoms with Gasteiger partial charge in [-0.25, -0.2) is 4.98 Å². The number of hydrogen-bond donors (Lipinski definition) is 0. The zero-order valence-electron chi connectivity index (χ0n) is 25.4. The van der Waals surface area contributed by atoms with Gasteiger partial charge in [-0.15, -0.1) is 11.3 Å². The number of oxazole rings is 1. The van der Waals surface area contributed by atoms with Gasteiger partial charge < -0.3 is 9.32 Å². The highest BCUT2D eigenvalue weighted by molar-refractivity contribution is 7.25. The number of thiophene rings is 1. The maximum Gasteiger partial charge on any atom is 0.227 e. The molecule has 0 N–H and O–H groups in total. The maximum atomic E-state index is 6.37. The Balaban J connectivity index is 1.19. The van der Waals surface area contributed by atoms with Crippen LogP contribution in [0.5, 0.6) is 0 Å². The third-order valence-electron chi connectivity index (χ3n) is 8.72. The Morgan fingerprint density at radius 1 is 0.468 bits per heavy atom. The fourth-order valence-corrected chi connectivity index (χ4v) is 7.57. The number of anilines is 3. The third-order valence-corrected chi connectivity index (χ3v) is 9.87. The Morgan fingerprint density at radius 3 is 1.94 bits per heavy atom. The minimum absolute atomic E-state index is 0.629. The molecular weight excluding hydrogens is 593 g/mol. The predicted octanol–water partition coefficient (Wildman–Crippen LogP) is 12.7. The van der Waals surface area contributed by atoms with Crippen LogP contribution in [0.25, 0.3) is 65.0 Å². The van der Waals surface area contributed by atoms with Crippen molar-refractivity contribution in [1.29, 1.82) is 0 Å². The lowest BCUT2D eigenvalue weighted by atomic mass is 10.0. The highest BCUT2D eigenvalue weighted by atomic mass is 32.1. The summed E-state index contributed by atoms with van der Waals surface area (Å²) < 4.78 is 8.96. The summed E-state index contributed by atoms with van der Waals surface area (Å²) in [5.74, 6) is 0.629. The molecule has 7 aromatic carbocycles. The van der Waals surface area contributed by atoms with Crippen molar-refractivity contribution in [3.8, 4) is 33.7 Å². The van der Waals surface area contributed by atoms with Crippen molar-refractivity contribution in [2.24, 2.45) is 0 Å². The molecule has 0 saturated heterocycles. The summed E-state index contributed by atoms with van der Waals surface area (Å²) in [5, 5.41) is 2.56. The molecule has 9 rings (SSSR count). The molecule has 4 heteroatoms. The predicted molar refractivity (Wildman–Crippen MR) is 198 cm³/mol. The summed E-state index contributed by atoms with van der Waals surface area (Å²) in [5.41, 5.74) is 10.4. The zero-order chi connectivity index (χ0) is 31.2. The minimum Gasteiger partial charge on any atom is -0.435 e. The van der Waals surface area contributed by atoms with Crippen LogP contribution in [0.1, 0.15) is 0 Å². The van der Waals surface area contributed by atoms with Gasteiger partial charge in [-0.3, -0.25) is 0 Å². The highest BCUT2D eigenvalue weighted by Gasteiger charge is 2.19. The Hall–Kier alpha value is -5.97. The minimum atomic E-state index is 0.629. The van der Waals surface area contributed by atoms with Gasteiger partial charge in [0.2, 0.25) is 5.89 Å². The summed E-state index contributed by atoms with van der Waals surface area (Å²) in [7, 11) is 0. The first kappa shape index (κ1) is 27.3. The number of fused-ring (bicyclic) bond motifs is 4. The first-order valence-electron chi connectivity index (χ1n) is 15.7.